The summed E-state index contributed by atoms with van der Waals surface area (Å²) in [6.45, 7) is 3.65. The van der Waals surface area contributed by atoms with Gasteiger partial charge in [-0.2, -0.15) is 10.5 Å². The predicted molar refractivity (Wildman–Crippen MR) is 153 cm³/mol. The molecule has 2 amide bonds. The van der Waals surface area contributed by atoms with Crippen molar-refractivity contribution in [2.45, 2.75) is 25.9 Å². The van der Waals surface area contributed by atoms with E-state index in [0.717, 1.165) is 11.1 Å². The van der Waals surface area contributed by atoms with Crippen LogP contribution in [0.1, 0.15) is 48.2 Å². The summed E-state index contributed by atoms with van der Waals surface area (Å²) in [6.07, 6.45) is 2.93. The summed E-state index contributed by atoms with van der Waals surface area (Å²) in [5, 5.41) is 24.9. The fraction of sp³-hybridized carbons (Fsp3) is 0.188. The first-order valence-corrected chi connectivity index (χ1v) is 12.5. The first-order chi connectivity index (χ1) is 19.3. The average Bonchev–Trinajstić information content (AvgIpc) is 2.98. The van der Waals surface area contributed by atoms with Crippen LogP contribution in [-0.2, 0) is 9.59 Å². The molecule has 0 spiro atoms. The highest BCUT2D eigenvalue weighted by Crippen LogP contribution is 2.20. The minimum atomic E-state index is -0.517. The van der Waals surface area contributed by atoms with Gasteiger partial charge in [-0.05, 0) is 78.6 Å². The number of nitrogens with zero attached hydrogens (tertiary/aromatic N) is 2. The van der Waals surface area contributed by atoms with E-state index in [2.05, 4.69) is 10.6 Å². The lowest BCUT2D eigenvalue weighted by atomic mass is 10.0. The lowest BCUT2D eigenvalue weighted by Gasteiger charge is -2.14. The topological polar surface area (TPSA) is 124 Å². The maximum absolute atomic E-state index is 12.8. The Kier molecular flexibility index (Phi) is 10.2. The van der Waals surface area contributed by atoms with E-state index >= 15 is 0 Å². The molecule has 2 atom stereocenters. The lowest BCUT2D eigenvalue weighted by Crippen LogP contribution is -2.27. The smallest absolute Gasteiger partial charge is 0.262 e. The van der Waals surface area contributed by atoms with E-state index in [1.54, 1.807) is 62.8 Å². The quantitative estimate of drug-likeness (QED) is 0.270. The van der Waals surface area contributed by atoms with Crippen molar-refractivity contribution in [1.82, 2.24) is 10.6 Å². The normalized spacial score (nSPS) is 12.8. The molecule has 40 heavy (non-hydrogen) atoms. The zero-order valence-corrected chi connectivity index (χ0v) is 22.8. The number of benzene rings is 3. The minimum Gasteiger partial charge on any atom is -0.497 e. The standard InChI is InChI=1S/C32H30N4O4/c1-21(25-8-12-29(39-3)13-9-25)35-31(37)27(19-33)17-23-6-5-7-24(16-23)18-28(20-34)32(38)36-22(2)26-10-14-30(40-4)15-11-26/h5-18,21-22H,1-4H3,(H,35,37)(H,36,38)/b27-17+,28-18+/t21-,22-/m0/s1. The molecule has 0 aromatic heterocycles. The van der Waals surface area contributed by atoms with E-state index in [0.29, 0.717) is 22.6 Å². The van der Waals surface area contributed by atoms with Gasteiger partial charge in [-0.15, -0.1) is 0 Å². The third kappa shape index (κ3) is 7.83. The molecule has 8 heteroatoms. The molecule has 0 fully saturated rings. The molecule has 0 saturated carbocycles. The molecule has 3 aromatic rings. The summed E-state index contributed by atoms with van der Waals surface area (Å²) in [5.74, 6) is 0.378. The number of carbonyl (C=O) groups excluding carboxylic acids is 2. The molecule has 3 rings (SSSR count). The van der Waals surface area contributed by atoms with Gasteiger partial charge in [0.05, 0.1) is 26.3 Å². The molecule has 0 bridgehead atoms. The van der Waals surface area contributed by atoms with E-state index in [-0.39, 0.29) is 23.2 Å². The number of ether oxygens (including phenoxy) is 2. The van der Waals surface area contributed by atoms with Crippen LogP contribution in [0.2, 0.25) is 0 Å². The summed E-state index contributed by atoms with van der Waals surface area (Å²) in [7, 11) is 3.16. The second-order valence-electron chi connectivity index (χ2n) is 8.95. The number of rotatable bonds is 10. The Morgan fingerprint density at radius 3 is 1.40 bits per heavy atom. The first-order valence-electron chi connectivity index (χ1n) is 12.5. The van der Waals surface area contributed by atoms with Crippen molar-refractivity contribution in [3.8, 4) is 23.6 Å². The molecule has 0 radical (unpaired) electrons. The maximum Gasteiger partial charge on any atom is 0.262 e. The van der Waals surface area contributed by atoms with E-state index < -0.39 is 11.8 Å². The van der Waals surface area contributed by atoms with Crippen LogP contribution in [0.5, 0.6) is 11.5 Å². The molecule has 2 N–H and O–H groups in total. The Morgan fingerprint density at radius 1 is 0.700 bits per heavy atom. The summed E-state index contributed by atoms with van der Waals surface area (Å²) >= 11 is 0. The van der Waals surface area contributed by atoms with Crippen LogP contribution in [0.3, 0.4) is 0 Å². The highest BCUT2D eigenvalue weighted by Gasteiger charge is 2.16. The molecule has 8 nitrogen and oxygen atoms in total. The van der Waals surface area contributed by atoms with Crippen molar-refractivity contribution in [3.05, 3.63) is 106 Å². The van der Waals surface area contributed by atoms with Gasteiger partial charge in [0.1, 0.15) is 34.8 Å². The van der Waals surface area contributed by atoms with Gasteiger partial charge >= 0.3 is 0 Å². The summed E-state index contributed by atoms with van der Waals surface area (Å²) in [6, 6.07) is 24.7. The van der Waals surface area contributed by atoms with Gasteiger partial charge in [0.2, 0.25) is 0 Å². The molecular weight excluding hydrogens is 504 g/mol. The number of hydrogen-bond donors (Lipinski definition) is 2. The van der Waals surface area contributed by atoms with Crippen LogP contribution in [-0.4, -0.2) is 26.0 Å². The second kappa shape index (κ2) is 14.0. The Morgan fingerprint density at radius 2 is 1.07 bits per heavy atom. The average molecular weight is 535 g/mol. The fourth-order valence-corrected chi connectivity index (χ4v) is 3.87. The van der Waals surface area contributed by atoms with Crippen molar-refractivity contribution >= 4 is 24.0 Å². The zero-order chi connectivity index (χ0) is 29.1. The third-order valence-electron chi connectivity index (χ3n) is 6.19. The molecule has 0 aliphatic rings. The Labute approximate surface area is 234 Å². The Hall–Kier alpha value is -5.34. The van der Waals surface area contributed by atoms with Gasteiger partial charge in [0.25, 0.3) is 11.8 Å². The van der Waals surface area contributed by atoms with Gasteiger partial charge in [-0.1, -0.05) is 42.5 Å². The number of nitrogens with one attached hydrogen (secondary N) is 2. The van der Waals surface area contributed by atoms with Gasteiger partial charge in [0, 0.05) is 0 Å². The number of methoxy groups -OCH3 is 2. The van der Waals surface area contributed by atoms with Crippen LogP contribution in [0, 0.1) is 22.7 Å². The second-order valence-corrected chi connectivity index (χ2v) is 8.95. The van der Waals surface area contributed by atoms with Crippen molar-refractivity contribution in [1.29, 1.82) is 10.5 Å². The van der Waals surface area contributed by atoms with Gasteiger partial charge < -0.3 is 20.1 Å². The van der Waals surface area contributed by atoms with Crippen molar-refractivity contribution in [2.24, 2.45) is 0 Å². The summed E-state index contributed by atoms with van der Waals surface area (Å²) in [5.41, 5.74) is 2.72. The predicted octanol–water partition coefficient (Wildman–Crippen LogP) is 5.27. The number of nitriles is 2. The molecule has 0 aliphatic carbocycles. The monoisotopic (exact) mass is 534 g/mol. The van der Waals surface area contributed by atoms with E-state index in [1.165, 1.54) is 12.2 Å². The van der Waals surface area contributed by atoms with Gasteiger partial charge in [-0.25, -0.2) is 0 Å². The summed E-state index contributed by atoms with van der Waals surface area (Å²) < 4.78 is 10.3. The molecule has 0 aliphatic heterocycles. The number of amides is 2. The van der Waals surface area contributed by atoms with Crippen molar-refractivity contribution in [3.63, 3.8) is 0 Å². The maximum atomic E-state index is 12.8. The van der Waals surface area contributed by atoms with Crippen LogP contribution in [0.4, 0.5) is 0 Å². The zero-order valence-electron chi connectivity index (χ0n) is 22.8. The molecule has 0 heterocycles. The van der Waals surface area contributed by atoms with E-state index in [9.17, 15) is 20.1 Å². The molecule has 202 valence electrons. The molecule has 3 aromatic carbocycles. The van der Waals surface area contributed by atoms with Crippen LogP contribution < -0.4 is 20.1 Å². The highest BCUT2D eigenvalue weighted by atomic mass is 16.5. The van der Waals surface area contributed by atoms with Crippen molar-refractivity contribution < 1.29 is 19.1 Å². The van der Waals surface area contributed by atoms with Crippen LogP contribution >= 0.6 is 0 Å². The van der Waals surface area contributed by atoms with E-state index in [1.807, 2.05) is 50.3 Å². The van der Waals surface area contributed by atoms with Crippen LogP contribution in [0.25, 0.3) is 12.2 Å². The van der Waals surface area contributed by atoms with Crippen LogP contribution in [0.15, 0.2) is 83.9 Å². The SMILES string of the molecule is COc1ccc([C@H](C)NC(=O)/C(C#N)=C/c2cccc(/C=C(\C#N)C(=O)N[C@@H](C)c3ccc(OC)cc3)c2)cc1. The largest absolute Gasteiger partial charge is 0.497 e. The summed E-state index contributed by atoms with van der Waals surface area (Å²) in [4.78, 5) is 25.6. The minimum absolute atomic E-state index is 0.0759. The fourth-order valence-electron chi connectivity index (χ4n) is 3.87. The van der Waals surface area contributed by atoms with E-state index in [4.69, 9.17) is 9.47 Å². The third-order valence-corrected chi connectivity index (χ3v) is 6.19. The number of hydrogen-bond acceptors (Lipinski definition) is 6. The molecule has 0 unspecified atom stereocenters. The number of carbonyl (C=O) groups is 2. The van der Waals surface area contributed by atoms with Gasteiger partial charge in [0.15, 0.2) is 0 Å². The van der Waals surface area contributed by atoms with Crippen molar-refractivity contribution in [2.75, 3.05) is 14.2 Å². The Bertz CT molecular complexity index is 1380. The lowest BCUT2D eigenvalue weighted by molar-refractivity contribution is -0.118. The molecular formula is C32H30N4O4. The Balaban J connectivity index is 1.73. The highest BCUT2D eigenvalue weighted by molar-refractivity contribution is 6.03. The van der Waals surface area contributed by atoms with Gasteiger partial charge in [-0.3, -0.25) is 9.59 Å². The molecule has 0 saturated heterocycles. The first kappa shape index (κ1) is 29.2.